The van der Waals surface area contributed by atoms with Crippen LogP contribution in [0.3, 0.4) is 0 Å². The molecule has 0 aromatic carbocycles. The van der Waals surface area contributed by atoms with Crippen LogP contribution >= 0.6 is 7.82 Å². The minimum Gasteiger partial charge on any atom is -0.328 e. The maximum Gasteiger partial charge on any atom is 0.472 e. The molecule has 0 heterocycles. The highest BCUT2D eigenvalue weighted by atomic mass is 31.2. The zero-order valence-corrected chi connectivity index (χ0v) is 6.88. The summed E-state index contributed by atoms with van der Waals surface area (Å²) in [6.07, 6.45) is -0.462. The van der Waals surface area contributed by atoms with E-state index in [-0.39, 0.29) is 6.54 Å². The lowest BCUT2D eigenvalue weighted by Crippen LogP contribution is -2.18. The van der Waals surface area contributed by atoms with Gasteiger partial charge in [0.2, 0.25) is 0 Å². The zero-order chi connectivity index (χ0) is 8.20. The van der Waals surface area contributed by atoms with Gasteiger partial charge in [-0.2, -0.15) is 0 Å². The summed E-state index contributed by atoms with van der Waals surface area (Å²) in [7, 11) is -2.72. The SMILES string of the molecule is COP(=O)(O)OC(C)CN. The highest BCUT2D eigenvalue weighted by molar-refractivity contribution is 7.47. The molecule has 0 fully saturated rings. The second-order valence-corrected chi connectivity index (χ2v) is 3.32. The van der Waals surface area contributed by atoms with Crippen molar-refractivity contribution in [3.63, 3.8) is 0 Å². The fourth-order valence-electron chi connectivity index (χ4n) is 0.313. The van der Waals surface area contributed by atoms with Crippen molar-refractivity contribution in [2.45, 2.75) is 13.0 Å². The van der Waals surface area contributed by atoms with E-state index in [9.17, 15) is 4.57 Å². The fourth-order valence-corrected chi connectivity index (χ4v) is 0.940. The average Bonchev–Trinajstić information content (AvgIpc) is 1.87. The van der Waals surface area contributed by atoms with Crippen LogP contribution in [-0.2, 0) is 13.6 Å². The van der Waals surface area contributed by atoms with E-state index in [4.69, 9.17) is 10.6 Å². The predicted molar refractivity (Wildman–Crippen MR) is 36.4 cm³/mol. The third-order valence-electron chi connectivity index (χ3n) is 0.876. The van der Waals surface area contributed by atoms with Gasteiger partial charge in [0.1, 0.15) is 0 Å². The molecule has 0 saturated heterocycles. The van der Waals surface area contributed by atoms with Gasteiger partial charge in [-0.3, -0.25) is 9.05 Å². The summed E-state index contributed by atoms with van der Waals surface area (Å²) in [5, 5.41) is 0. The van der Waals surface area contributed by atoms with Gasteiger partial charge < -0.3 is 10.6 Å². The van der Waals surface area contributed by atoms with Crippen LogP contribution < -0.4 is 5.73 Å². The van der Waals surface area contributed by atoms with Crippen LogP contribution in [0.25, 0.3) is 0 Å². The molecule has 0 aliphatic heterocycles. The van der Waals surface area contributed by atoms with Crippen LogP contribution in [0.5, 0.6) is 0 Å². The first-order valence-electron chi connectivity index (χ1n) is 2.79. The Morgan fingerprint density at radius 3 is 2.60 bits per heavy atom. The Kier molecular flexibility index (Phi) is 4.08. The lowest BCUT2D eigenvalue weighted by Gasteiger charge is -2.13. The monoisotopic (exact) mass is 169 g/mol. The van der Waals surface area contributed by atoms with Crippen molar-refractivity contribution in [1.29, 1.82) is 0 Å². The molecule has 0 aliphatic carbocycles. The molecule has 6 heteroatoms. The smallest absolute Gasteiger partial charge is 0.328 e. The van der Waals surface area contributed by atoms with Crippen molar-refractivity contribution in [2.24, 2.45) is 5.73 Å². The Morgan fingerprint density at radius 2 is 2.30 bits per heavy atom. The Hall–Kier alpha value is 0.0700. The standard InChI is InChI=1S/C4H12NO4P/c1-4(3-5)9-10(6,7)8-2/h4H,3,5H2,1-2H3,(H,6,7). The summed E-state index contributed by atoms with van der Waals surface area (Å²) in [5.74, 6) is 0. The third kappa shape index (κ3) is 3.98. The molecule has 0 rings (SSSR count). The molecule has 62 valence electrons. The van der Waals surface area contributed by atoms with E-state index in [1.807, 2.05) is 0 Å². The van der Waals surface area contributed by atoms with Gasteiger partial charge in [0.25, 0.3) is 0 Å². The van der Waals surface area contributed by atoms with Gasteiger partial charge in [-0.1, -0.05) is 0 Å². The minimum absolute atomic E-state index is 0.188. The van der Waals surface area contributed by atoms with E-state index in [1.165, 1.54) is 0 Å². The van der Waals surface area contributed by atoms with Crippen molar-refractivity contribution in [3.05, 3.63) is 0 Å². The first-order valence-corrected chi connectivity index (χ1v) is 4.28. The molecular formula is C4H12NO4P. The topological polar surface area (TPSA) is 81.8 Å². The third-order valence-corrected chi connectivity index (χ3v) is 1.96. The zero-order valence-electron chi connectivity index (χ0n) is 5.98. The molecule has 0 amide bonds. The fraction of sp³-hybridized carbons (Fsp3) is 1.00. The summed E-state index contributed by atoms with van der Waals surface area (Å²) in [6, 6.07) is 0. The second-order valence-electron chi connectivity index (χ2n) is 1.80. The van der Waals surface area contributed by atoms with Crippen LogP contribution in [0.1, 0.15) is 6.92 Å². The molecule has 2 unspecified atom stereocenters. The van der Waals surface area contributed by atoms with Crippen LogP contribution in [0.15, 0.2) is 0 Å². The van der Waals surface area contributed by atoms with E-state index in [1.54, 1.807) is 6.92 Å². The van der Waals surface area contributed by atoms with Crippen molar-refractivity contribution >= 4 is 7.82 Å². The van der Waals surface area contributed by atoms with Gasteiger partial charge in [0.05, 0.1) is 6.10 Å². The summed E-state index contributed by atoms with van der Waals surface area (Å²) >= 11 is 0. The molecule has 0 aliphatic rings. The van der Waals surface area contributed by atoms with E-state index in [2.05, 4.69) is 9.05 Å². The molecule has 0 saturated carbocycles. The molecule has 0 radical (unpaired) electrons. The highest BCUT2D eigenvalue weighted by Crippen LogP contribution is 2.42. The quantitative estimate of drug-likeness (QED) is 0.583. The molecule has 0 aromatic rings. The van der Waals surface area contributed by atoms with Crippen molar-refractivity contribution < 1.29 is 18.5 Å². The predicted octanol–water partition coefficient (Wildman–Crippen LogP) is 0.0970. The van der Waals surface area contributed by atoms with Crippen LogP contribution in [0.2, 0.25) is 0 Å². The molecular weight excluding hydrogens is 157 g/mol. The first kappa shape index (κ1) is 10.1. The number of nitrogens with two attached hydrogens (primary N) is 1. The molecule has 2 atom stereocenters. The van der Waals surface area contributed by atoms with E-state index in [0.29, 0.717) is 0 Å². The van der Waals surface area contributed by atoms with Gasteiger partial charge in [0, 0.05) is 13.7 Å². The van der Waals surface area contributed by atoms with Gasteiger partial charge in [-0.15, -0.1) is 0 Å². The van der Waals surface area contributed by atoms with Crippen molar-refractivity contribution in [1.82, 2.24) is 0 Å². The molecule has 0 spiro atoms. The lowest BCUT2D eigenvalue weighted by atomic mass is 10.4. The highest BCUT2D eigenvalue weighted by Gasteiger charge is 2.21. The van der Waals surface area contributed by atoms with Gasteiger partial charge in [0.15, 0.2) is 0 Å². The Morgan fingerprint density at radius 1 is 1.80 bits per heavy atom. The summed E-state index contributed by atoms with van der Waals surface area (Å²) in [4.78, 5) is 8.68. The van der Waals surface area contributed by atoms with Gasteiger partial charge >= 0.3 is 7.82 Å². The summed E-state index contributed by atoms with van der Waals surface area (Å²) in [5.41, 5.74) is 5.12. The normalized spacial score (nSPS) is 20.0. The number of hydrogen-bond acceptors (Lipinski definition) is 4. The van der Waals surface area contributed by atoms with Gasteiger partial charge in [-0.25, -0.2) is 4.57 Å². The van der Waals surface area contributed by atoms with E-state index < -0.39 is 13.9 Å². The maximum absolute atomic E-state index is 10.6. The second kappa shape index (κ2) is 4.05. The maximum atomic E-state index is 10.6. The lowest BCUT2D eigenvalue weighted by molar-refractivity contribution is 0.133. The Bertz CT molecular complexity index is 139. The molecule has 10 heavy (non-hydrogen) atoms. The van der Waals surface area contributed by atoms with Crippen molar-refractivity contribution in [2.75, 3.05) is 13.7 Å². The average molecular weight is 169 g/mol. The van der Waals surface area contributed by atoms with Crippen LogP contribution in [0.4, 0.5) is 0 Å². The number of hydrogen-bond donors (Lipinski definition) is 2. The first-order chi connectivity index (χ1) is 4.52. The summed E-state index contributed by atoms with van der Waals surface area (Å²) < 4.78 is 19.3. The number of phosphoric ester groups is 1. The molecule has 0 aromatic heterocycles. The van der Waals surface area contributed by atoms with E-state index in [0.717, 1.165) is 7.11 Å². The number of rotatable bonds is 4. The Balaban J connectivity index is 3.77. The molecule has 0 bridgehead atoms. The van der Waals surface area contributed by atoms with Crippen LogP contribution in [-0.4, -0.2) is 24.7 Å². The minimum atomic E-state index is -3.83. The van der Waals surface area contributed by atoms with Crippen molar-refractivity contribution in [3.8, 4) is 0 Å². The van der Waals surface area contributed by atoms with Crippen LogP contribution in [0, 0.1) is 0 Å². The summed E-state index contributed by atoms with van der Waals surface area (Å²) in [6.45, 7) is 1.77. The van der Waals surface area contributed by atoms with Gasteiger partial charge in [-0.05, 0) is 6.92 Å². The number of phosphoric acid groups is 1. The van der Waals surface area contributed by atoms with E-state index >= 15 is 0 Å². The molecule has 5 nitrogen and oxygen atoms in total. The molecule has 3 N–H and O–H groups in total. The largest absolute Gasteiger partial charge is 0.472 e. The Labute approximate surface area is 59.7 Å².